The Hall–Kier alpha value is -0.910. The predicted molar refractivity (Wildman–Crippen MR) is 74.6 cm³/mol. The molecule has 0 saturated carbocycles. The van der Waals surface area contributed by atoms with Crippen LogP contribution in [-0.4, -0.2) is 28.2 Å². The molecule has 1 aromatic carbocycles. The van der Waals surface area contributed by atoms with Gasteiger partial charge in [-0.25, -0.2) is 13.1 Å². The van der Waals surface area contributed by atoms with Crippen LogP contribution in [-0.2, 0) is 21.2 Å². The minimum absolute atomic E-state index is 0.360. The summed E-state index contributed by atoms with van der Waals surface area (Å²) >= 11 is 0. The van der Waals surface area contributed by atoms with Crippen molar-refractivity contribution < 1.29 is 13.2 Å². The van der Waals surface area contributed by atoms with E-state index < -0.39 is 10.0 Å². The van der Waals surface area contributed by atoms with Gasteiger partial charge in [-0.3, -0.25) is 0 Å². The van der Waals surface area contributed by atoms with Crippen LogP contribution in [0.25, 0.3) is 0 Å². The SMILES string of the molecule is CCc1cccc(S(=O)(=O)NCC2CCOCC2)c1. The van der Waals surface area contributed by atoms with Crippen molar-refractivity contribution in [3.8, 4) is 0 Å². The van der Waals surface area contributed by atoms with E-state index in [-0.39, 0.29) is 0 Å². The van der Waals surface area contributed by atoms with Crippen LogP contribution in [0.15, 0.2) is 29.2 Å². The zero-order valence-electron chi connectivity index (χ0n) is 11.3. The Kier molecular flexibility index (Phi) is 4.96. The molecule has 1 aromatic rings. The van der Waals surface area contributed by atoms with E-state index in [1.165, 1.54) is 0 Å². The lowest BCUT2D eigenvalue weighted by molar-refractivity contribution is 0.0678. The van der Waals surface area contributed by atoms with Gasteiger partial charge in [0.15, 0.2) is 0 Å². The van der Waals surface area contributed by atoms with Gasteiger partial charge in [-0.05, 0) is 42.9 Å². The first-order valence-electron chi connectivity index (χ1n) is 6.78. The van der Waals surface area contributed by atoms with Crippen molar-refractivity contribution in [1.82, 2.24) is 4.72 Å². The molecule has 1 heterocycles. The van der Waals surface area contributed by atoms with Crippen LogP contribution in [0.3, 0.4) is 0 Å². The number of hydrogen-bond acceptors (Lipinski definition) is 3. The predicted octanol–water partition coefficient (Wildman–Crippen LogP) is 1.95. The van der Waals surface area contributed by atoms with Crippen molar-refractivity contribution in [2.45, 2.75) is 31.1 Å². The standard InChI is InChI=1S/C14H21NO3S/c1-2-12-4-3-5-14(10-12)19(16,17)15-11-13-6-8-18-9-7-13/h3-5,10,13,15H,2,6-9,11H2,1H3. The van der Waals surface area contributed by atoms with E-state index in [2.05, 4.69) is 4.72 Å². The van der Waals surface area contributed by atoms with Crippen molar-refractivity contribution in [3.05, 3.63) is 29.8 Å². The van der Waals surface area contributed by atoms with Crippen molar-refractivity contribution in [3.63, 3.8) is 0 Å². The highest BCUT2D eigenvalue weighted by molar-refractivity contribution is 7.89. The Morgan fingerprint density at radius 1 is 1.32 bits per heavy atom. The van der Waals surface area contributed by atoms with Crippen molar-refractivity contribution in [2.24, 2.45) is 5.92 Å². The molecule has 1 N–H and O–H groups in total. The van der Waals surface area contributed by atoms with E-state index in [0.717, 1.165) is 38.0 Å². The molecule has 19 heavy (non-hydrogen) atoms. The second-order valence-electron chi connectivity index (χ2n) is 4.91. The second kappa shape index (κ2) is 6.50. The number of ether oxygens (including phenoxy) is 1. The first kappa shape index (κ1) is 14.5. The van der Waals surface area contributed by atoms with E-state index in [0.29, 0.717) is 17.4 Å². The van der Waals surface area contributed by atoms with Crippen LogP contribution >= 0.6 is 0 Å². The average molecular weight is 283 g/mol. The molecule has 0 radical (unpaired) electrons. The molecular formula is C14H21NO3S. The van der Waals surface area contributed by atoms with Crippen molar-refractivity contribution in [1.29, 1.82) is 0 Å². The Labute approximate surface area is 115 Å². The van der Waals surface area contributed by atoms with Gasteiger partial charge in [-0.2, -0.15) is 0 Å². The highest BCUT2D eigenvalue weighted by Gasteiger charge is 2.19. The Balaban J connectivity index is 2.00. The summed E-state index contributed by atoms with van der Waals surface area (Å²) in [6, 6.07) is 7.12. The van der Waals surface area contributed by atoms with Crippen LogP contribution in [0.2, 0.25) is 0 Å². The summed E-state index contributed by atoms with van der Waals surface area (Å²) in [7, 11) is -3.38. The molecule has 0 atom stereocenters. The maximum atomic E-state index is 12.2. The minimum Gasteiger partial charge on any atom is -0.381 e. The molecule has 0 aliphatic carbocycles. The first-order chi connectivity index (χ1) is 9.12. The number of aryl methyl sites for hydroxylation is 1. The number of hydrogen-bond donors (Lipinski definition) is 1. The molecule has 106 valence electrons. The Morgan fingerprint density at radius 2 is 2.05 bits per heavy atom. The smallest absolute Gasteiger partial charge is 0.240 e. The summed E-state index contributed by atoms with van der Waals surface area (Å²) in [6.07, 6.45) is 2.69. The van der Waals surface area contributed by atoms with Crippen molar-refractivity contribution in [2.75, 3.05) is 19.8 Å². The fourth-order valence-corrected chi connectivity index (χ4v) is 3.38. The number of benzene rings is 1. The van der Waals surface area contributed by atoms with Gasteiger partial charge in [0, 0.05) is 19.8 Å². The lowest BCUT2D eigenvalue weighted by atomic mass is 10.0. The number of rotatable bonds is 5. The zero-order chi connectivity index (χ0) is 13.7. The fraction of sp³-hybridized carbons (Fsp3) is 0.571. The van der Waals surface area contributed by atoms with Crippen LogP contribution in [0.5, 0.6) is 0 Å². The highest BCUT2D eigenvalue weighted by atomic mass is 32.2. The molecule has 1 saturated heterocycles. The highest BCUT2D eigenvalue weighted by Crippen LogP contribution is 2.16. The molecule has 0 spiro atoms. The first-order valence-corrected chi connectivity index (χ1v) is 8.26. The van der Waals surface area contributed by atoms with Crippen LogP contribution < -0.4 is 4.72 Å². The maximum Gasteiger partial charge on any atom is 0.240 e. The third kappa shape index (κ3) is 4.03. The van der Waals surface area contributed by atoms with E-state index in [9.17, 15) is 8.42 Å². The van der Waals surface area contributed by atoms with Gasteiger partial charge in [0.2, 0.25) is 10.0 Å². The molecule has 1 aliphatic heterocycles. The summed E-state index contributed by atoms with van der Waals surface area (Å²) < 4.78 is 32.4. The average Bonchev–Trinajstić information content (AvgIpc) is 2.46. The van der Waals surface area contributed by atoms with Crippen molar-refractivity contribution >= 4 is 10.0 Å². The maximum absolute atomic E-state index is 12.2. The van der Waals surface area contributed by atoms with E-state index in [1.807, 2.05) is 13.0 Å². The monoisotopic (exact) mass is 283 g/mol. The number of sulfonamides is 1. The summed E-state index contributed by atoms with van der Waals surface area (Å²) in [5.41, 5.74) is 1.04. The summed E-state index contributed by atoms with van der Waals surface area (Å²) in [4.78, 5) is 0.360. The van der Waals surface area contributed by atoms with Crippen LogP contribution in [0, 0.1) is 5.92 Å². The quantitative estimate of drug-likeness (QED) is 0.898. The van der Waals surface area contributed by atoms with Gasteiger partial charge in [-0.15, -0.1) is 0 Å². The van der Waals surface area contributed by atoms with Gasteiger partial charge in [-0.1, -0.05) is 19.1 Å². The molecule has 0 amide bonds. The Bertz CT molecular complexity index is 507. The second-order valence-corrected chi connectivity index (χ2v) is 6.68. The fourth-order valence-electron chi connectivity index (χ4n) is 2.19. The molecule has 4 nitrogen and oxygen atoms in total. The van der Waals surface area contributed by atoms with E-state index in [1.54, 1.807) is 18.2 Å². The summed E-state index contributed by atoms with van der Waals surface area (Å²) in [5.74, 6) is 0.387. The van der Waals surface area contributed by atoms with Crippen LogP contribution in [0.1, 0.15) is 25.3 Å². The molecule has 0 aromatic heterocycles. The largest absolute Gasteiger partial charge is 0.381 e. The van der Waals surface area contributed by atoms with E-state index >= 15 is 0 Å². The molecular weight excluding hydrogens is 262 g/mol. The summed E-state index contributed by atoms with van der Waals surface area (Å²) in [5, 5.41) is 0. The normalized spacial score (nSPS) is 17.5. The van der Waals surface area contributed by atoms with Gasteiger partial charge in [0.25, 0.3) is 0 Å². The van der Waals surface area contributed by atoms with Gasteiger partial charge in [0.05, 0.1) is 4.90 Å². The molecule has 0 bridgehead atoms. The molecule has 0 unspecified atom stereocenters. The lowest BCUT2D eigenvalue weighted by Crippen LogP contribution is -2.32. The van der Waals surface area contributed by atoms with Gasteiger partial charge in [0.1, 0.15) is 0 Å². The minimum atomic E-state index is -3.38. The number of nitrogens with one attached hydrogen (secondary N) is 1. The van der Waals surface area contributed by atoms with Gasteiger partial charge < -0.3 is 4.74 Å². The van der Waals surface area contributed by atoms with Gasteiger partial charge >= 0.3 is 0 Å². The Morgan fingerprint density at radius 3 is 2.74 bits per heavy atom. The third-order valence-electron chi connectivity index (χ3n) is 3.52. The zero-order valence-corrected chi connectivity index (χ0v) is 12.1. The van der Waals surface area contributed by atoms with Crippen LogP contribution in [0.4, 0.5) is 0 Å². The molecule has 5 heteroatoms. The summed E-state index contributed by atoms with van der Waals surface area (Å²) in [6.45, 7) is 3.98. The third-order valence-corrected chi connectivity index (χ3v) is 4.94. The molecule has 1 aliphatic rings. The molecule has 1 fully saturated rings. The molecule has 2 rings (SSSR count). The topological polar surface area (TPSA) is 55.4 Å². The lowest BCUT2D eigenvalue weighted by Gasteiger charge is -2.22. The van der Waals surface area contributed by atoms with E-state index in [4.69, 9.17) is 4.74 Å².